The van der Waals surface area contributed by atoms with Crippen LogP contribution in [-0.4, -0.2) is 54.6 Å². The Hall–Kier alpha value is -0.450. The summed E-state index contributed by atoms with van der Waals surface area (Å²) in [5.74, 6) is 0.550. The van der Waals surface area contributed by atoms with Crippen molar-refractivity contribution in [3.8, 4) is 0 Å². The van der Waals surface area contributed by atoms with E-state index in [1.807, 2.05) is 6.20 Å². The molecule has 0 amide bonds. The van der Waals surface area contributed by atoms with Crippen molar-refractivity contribution in [3.63, 3.8) is 0 Å². The zero-order chi connectivity index (χ0) is 13.7. The SMILES string of the molecule is C[C@H](CN(C)CC[C@H]1CCCCN1C)c1nccs1. The normalized spacial score (nSPS) is 22.8. The second-order valence-corrected chi connectivity index (χ2v) is 6.88. The van der Waals surface area contributed by atoms with Crippen LogP contribution < -0.4 is 0 Å². The van der Waals surface area contributed by atoms with Crippen LogP contribution in [0.3, 0.4) is 0 Å². The summed E-state index contributed by atoms with van der Waals surface area (Å²) < 4.78 is 0. The van der Waals surface area contributed by atoms with E-state index in [-0.39, 0.29) is 0 Å². The Bertz CT molecular complexity index is 352. The molecule has 2 atom stereocenters. The van der Waals surface area contributed by atoms with Gasteiger partial charge in [-0.2, -0.15) is 0 Å². The minimum atomic E-state index is 0.550. The van der Waals surface area contributed by atoms with E-state index in [9.17, 15) is 0 Å². The number of piperidine rings is 1. The summed E-state index contributed by atoms with van der Waals surface area (Å²) in [5.41, 5.74) is 0. The van der Waals surface area contributed by atoms with Crippen LogP contribution in [0, 0.1) is 0 Å². The molecule has 1 aromatic heterocycles. The fourth-order valence-electron chi connectivity index (χ4n) is 2.99. The third-order valence-corrected chi connectivity index (χ3v) is 5.23. The van der Waals surface area contributed by atoms with Gasteiger partial charge in [-0.25, -0.2) is 4.98 Å². The third kappa shape index (κ3) is 4.55. The molecule has 0 N–H and O–H groups in total. The van der Waals surface area contributed by atoms with Crippen LogP contribution >= 0.6 is 11.3 Å². The van der Waals surface area contributed by atoms with Crippen molar-refractivity contribution in [1.29, 1.82) is 0 Å². The number of aromatic nitrogens is 1. The summed E-state index contributed by atoms with van der Waals surface area (Å²) in [6.07, 6.45) is 7.38. The van der Waals surface area contributed by atoms with Crippen molar-refractivity contribution in [2.45, 2.75) is 44.6 Å². The fourth-order valence-corrected chi connectivity index (χ4v) is 3.68. The van der Waals surface area contributed by atoms with Crippen LogP contribution in [0.4, 0.5) is 0 Å². The Kier molecular flexibility index (Phi) is 5.79. The molecule has 2 rings (SSSR count). The molecular weight excluding hydrogens is 254 g/mol. The summed E-state index contributed by atoms with van der Waals surface area (Å²) in [6, 6.07) is 0.798. The smallest absolute Gasteiger partial charge is 0.0965 e. The maximum atomic E-state index is 4.41. The highest BCUT2D eigenvalue weighted by molar-refractivity contribution is 7.09. The molecule has 0 saturated carbocycles. The molecule has 0 aliphatic carbocycles. The maximum absolute atomic E-state index is 4.41. The maximum Gasteiger partial charge on any atom is 0.0965 e. The predicted molar refractivity (Wildman–Crippen MR) is 82.9 cm³/mol. The Morgan fingerprint density at radius 2 is 2.37 bits per heavy atom. The van der Waals surface area contributed by atoms with E-state index >= 15 is 0 Å². The lowest BCUT2D eigenvalue weighted by atomic mass is 10.00. The van der Waals surface area contributed by atoms with Crippen LogP contribution in [0.25, 0.3) is 0 Å². The molecule has 1 fully saturated rings. The topological polar surface area (TPSA) is 19.4 Å². The number of likely N-dealkylation sites (tertiary alicyclic amines) is 1. The molecular formula is C15H27N3S. The fraction of sp³-hybridized carbons (Fsp3) is 0.800. The zero-order valence-electron chi connectivity index (χ0n) is 12.5. The molecule has 1 saturated heterocycles. The van der Waals surface area contributed by atoms with Gasteiger partial charge in [0, 0.05) is 30.1 Å². The molecule has 3 nitrogen and oxygen atoms in total. The highest BCUT2D eigenvalue weighted by atomic mass is 32.1. The molecule has 1 aliphatic rings. The Balaban J connectivity index is 1.70. The van der Waals surface area contributed by atoms with Gasteiger partial charge >= 0.3 is 0 Å². The van der Waals surface area contributed by atoms with Crippen LogP contribution in [0.15, 0.2) is 11.6 Å². The van der Waals surface area contributed by atoms with Gasteiger partial charge in [0.05, 0.1) is 5.01 Å². The van der Waals surface area contributed by atoms with Crippen LogP contribution in [0.2, 0.25) is 0 Å². The second kappa shape index (κ2) is 7.36. The molecule has 0 radical (unpaired) electrons. The predicted octanol–water partition coefficient (Wildman–Crippen LogP) is 3.05. The van der Waals surface area contributed by atoms with Gasteiger partial charge in [-0.05, 0) is 46.4 Å². The van der Waals surface area contributed by atoms with E-state index in [2.05, 4.69) is 41.2 Å². The van der Waals surface area contributed by atoms with Gasteiger partial charge in [0.25, 0.3) is 0 Å². The minimum absolute atomic E-state index is 0.550. The van der Waals surface area contributed by atoms with E-state index in [1.165, 1.54) is 43.8 Å². The molecule has 2 heterocycles. The number of hydrogen-bond acceptors (Lipinski definition) is 4. The number of rotatable bonds is 6. The number of nitrogens with zero attached hydrogens (tertiary/aromatic N) is 3. The van der Waals surface area contributed by atoms with Gasteiger partial charge < -0.3 is 9.80 Å². The molecule has 108 valence electrons. The zero-order valence-corrected chi connectivity index (χ0v) is 13.3. The number of thiazole rings is 1. The first-order valence-corrected chi connectivity index (χ1v) is 8.33. The second-order valence-electron chi connectivity index (χ2n) is 5.95. The average Bonchev–Trinajstić information content (AvgIpc) is 2.91. The summed E-state index contributed by atoms with van der Waals surface area (Å²) in [6.45, 7) is 5.88. The van der Waals surface area contributed by atoms with Crippen LogP contribution in [0.1, 0.15) is 43.5 Å². The first-order chi connectivity index (χ1) is 9.16. The lowest BCUT2D eigenvalue weighted by molar-refractivity contribution is 0.159. The number of likely N-dealkylation sites (N-methyl/N-ethyl adjacent to an activating group) is 1. The average molecular weight is 281 g/mol. The Labute approximate surface area is 121 Å². The lowest BCUT2D eigenvalue weighted by Gasteiger charge is -2.33. The number of hydrogen-bond donors (Lipinski definition) is 0. The lowest BCUT2D eigenvalue weighted by Crippen LogP contribution is -2.38. The van der Waals surface area contributed by atoms with E-state index in [0.717, 1.165) is 12.6 Å². The van der Waals surface area contributed by atoms with E-state index in [1.54, 1.807) is 11.3 Å². The summed E-state index contributed by atoms with van der Waals surface area (Å²) in [4.78, 5) is 9.42. The summed E-state index contributed by atoms with van der Waals surface area (Å²) >= 11 is 1.77. The van der Waals surface area contributed by atoms with Crippen LogP contribution in [0.5, 0.6) is 0 Å². The minimum Gasteiger partial charge on any atom is -0.306 e. The summed E-state index contributed by atoms with van der Waals surface area (Å²) in [5, 5.41) is 3.34. The molecule has 1 aromatic rings. The monoisotopic (exact) mass is 281 g/mol. The van der Waals surface area contributed by atoms with Gasteiger partial charge in [0.15, 0.2) is 0 Å². The van der Waals surface area contributed by atoms with Crippen molar-refractivity contribution in [3.05, 3.63) is 16.6 Å². The molecule has 0 unspecified atom stereocenters. The first-order valence-electron chi connectivity index (χ1n) is 7.45. The van der Waals surface area contributed by atoms with Crippen molar-refractivity contribution < 1.29 is 0 Å². The van der Waals surface area contributed by atoms with Crippen molar-refractivity contribution in [2.24, 2.45) is 0 Å². The Morgan fingerprint density at radius 1 is 1.53 bits per heavy atom. The van der Waals surface area contributed by atoms with Crippen LogP contribution in [-0.2, 0) is 0 Å². The van der Waals surface area contributed by atoms with Crippen molar-refractivity contribution in [2.75, 3.05) is 33.7 Å². The molecule has 4 heteroatoms. The largest absolute Gasteiger partial charge is 0.306 e. The highest BCUT2D eigenvalue weighted by Gasteiger charge is 2.19. The van der Waals surface area contributed by atoms with Gasteiger partial charge in [-0.15, -0.1) is 11.3 Å². The molecule has 1 aliphatic heterocycles. The quantitative estimate of drug-likeness (QED) is 0.799. The first kappa shape index (κ1) is 14.9. The van der Waals surface area contributed by atoms with Crippen molar-refractivity contribution >= 4 is 11.3 Å². The van der Waals surface area contributed by atoms with E-state index in [4.69, 9.17) is 0 Å². The van der Waals surface area contributed by atoms with Gasteiger partial charge in [-0.3, -0.25) is 0 Å². The van der Waals surface area contributed by atoms with Gasteiger partial charge in [-0.1, -0.05) is 13.3 Å². The molecule has 0 spiro atoms. The van der Waals surface area contributed by atoms with Gasteiger partial charge in [0.1, 0.15) is 0 Å². The Morgan fingerprint density at radius 3 is 3.05 bits per heavy atom. The van der Waals surface area contributed by atoms with Gasteiger partial charge in [0.2, 0.25) is 0 Å². The molecule has 0 aromatic carbocycles. The molecule has 0 bridgehead atoms. The van der Waals surface area contributed by atoms with E-state index < -0.39 is 0 Å². The highest BCUT2D eigenvalue weighted by Crippen LogP contribution is 2.20. The molecule has 19 heavy (non-hydrogen) atoms. The third-order valence-electron chi connectivity index (χ3n) is 4.22. The van der Waals surface area contributed by atoms with E-state index in [0.29, 0.717) is 5.92 Å². The summed E-state index contributed by atoms with van der Waals surface area (Å²) in [7, 11) is 4.52. The standard InChI is InChI=1S/C15H27N3S/c1-13(15-16-8-11-19-15)12-17(2)10-7-14-6-4-5-9-18(14)3/h8,11,13-14H,4-7,9-10,12H2,1-3H3/t13-,14-/m1/s1. The van der Waals surface area contributed by atoms with Crippen molar-refractivity contribution in [1.82, 2.24) is 14.8 Å².